The molecule has 2 N–H and O–H groups in total. The van der Waals surface area contributed by atoms with Crippen molar-refractivity contribution < 1.29 is 27.2 Å². The van der Waals surface area contributed by atoms with Gasteiger partial charge in [-0.05, 0) is 47.8 Å². The number of amides is 2. The van der Waals surface area contributed by atoms with Gasteiger partial charge >= 0.3 is 6.18 Å². The van der Waals surface area contributed by atoms with E-state index in [4.69, 9.17) is 0 Å². The van der Waals surface area contributed by atoms with Gasteiger partial charge in [0.1, 0.15) is 5.82 Å². The van der Waals surface area contributed by atoms with Crippen molar-refractivity contribution in [3.63, 3.8) is 0 Å². The highest BCUT2D eigenvalue weighted by molar-refractivity contribution is 7.12. The summed E-state index contributed by atoms with van der Waals surface area (Å²) in [6.07, 6.45) is -4.91. The summed E-state index contributed by atoms with van der Waals surface area (Å²) >= 11 is 1.26. The van der Waals surface area contributed by atoms with E-state index in [1.807, 2.05) is 0 Å². The van der Waals surface area contributed by atoms with Gasteiger partial charge in [-0.15, -0.1) is 11.3 Å². The van der Waals surface area contributed by atoms with Crippen LogP contribution in [-0.4, -0.2) is 11.8 Å². The molecule has 9 heteroatoms. The van der Waals surface area contributed by atoms with Crippen molar-refractivity contribution in [3.8, 4) is 0 Å². The molecule has 1 aromatic heterocycles. The molecule has 0 saturated heterocycles. The van der Waals surface area contributed by atoms with Crippen molar-refractivity contribution in [1.82, 2.24) is 0 Å². The van der Waals surface area contributed by atoms with Gasteiger partial charge in [-0.3, -0.25) is 9.59 Å². The van der Waals surface area contributed by atoms with Crippen molar-refractivity contribution in [2.45, 2.75) is 6.18 Å². The molecule has 0 atom stereocenters. The van der Waals surface area contributed by atoms with Crippen LogP contribution in [0.3, 0.4) is 0 Å². The van der Waals surface area contributed by atoms with Gasteiger partial charge in [0.25, 0.3) is 11.8 Å². The molecule has 3 rings (SSSR count). The second-order valence-electron chi connectivity index (χ2n) is 5.66. The number of anilines is 2. The van der Waals surface area contributed by atoms with Crippen LogP contribution < -0.4 is 10.6 Å². The highest BCUT2D eigenvalue weighted by atomic mass is 32.1. The van der Waals surface area contributed by atoms with E-state index in [0.29, 0.717) is 22.7 Å². The van der Waals surface area contributed by atoms with Crippen LogP contribution in [-0.2, 0) is 6.18 Å². The average molecular weight is 408 g/mol. The number of hydrogen-bond acceptors (Lipinski definition) is 3. The Hall–Kier alpha value is -3.20. The molecule has 4 nitrogen and oxygen atoms in total. The van der Waals surface area contributed by atoms with E-state index in [1.165, 1.54) is 23.5 Å². The van der Waals surface area contributed by atoms with Gasteiger partial charge < -0.3 is 10.6 Å². The van der Waals surface area contributed by atoms with Crippen LogP contribution in [0.15, 0.2) is 60.0 Å². The fourth-order valence-corrected chi connectivity index (χ4v) is 2.98. The van der Waals surface area contributed by atoms with Crippen molar-refractivity contribution in [2.24, 2.45) is 0 Å². The van der Waals surface area contributed by atoms with Crippen molar-refractivity contribution in [1.29, 1.82) is 0 Å². The minimum absolute atomic E-state index is 0.256. The molecule has 0 saturated carbocycles. The maximum atomic E-state index is 13.4. The molecule has 0 spiro atoms. The zero-order valence-electron chi connectivity index (χ0n) is 14.0. The van der Waals surface area contributed by atoms with Gasteiger partial charge in [0, 0.05) is 16.9 Å². The zero-order valence-corrected chi connectivity index (χ0v) is 14.8. The highest BCUT2D eigenvalue weighted by Crippen LogP contribution is 2.32. The molecule has 3 aromatic rings. The molecular formula is C19H12F4N2O2S. The summed E-state index contributed by atoms with van der Waals surface area (Å²) in [7, 11) is 0. The number of nitrogens with one attached hydrogen (secondary N) is 2. The Balaban J connectivity index is 1.75. The number of carbonyl (C=O) groups is 2. The molecule has 0 aliphatic rings. The summed E-state index contributed by atoms with van der Waals surface area (Å²) in [5.41, 5.74) is -1.21. The van der Waals surface area contributed by atoms with Gasteiger partial charge in [-0.1, -0.05) is 12.1 Å². The van der Waals surface area contributed by atoms with Crippen LogP contribution in [0.5, 0.6) is 0 Å². The first-order chi connectivity index (χ1) is 13.2. The number of rotatable bonds is 4. The number of benzene rings is 2. The molecule has 0 bridgehead atoms. The number of alkyl halides is 3. The van der Waals surface area contributed by atoms with E-state index >= 15 is 0 Å². The lowest BCUT2D eigenvalue weighted by atomic mass is 10.1. The third-order valence-corrected chi connectivity index (χ3v) is 4.53. The number of hydrogen-bond donors (Lipinski definition) is 2. The monoisotopic (exact) mass is 408 g/mol. The van der Waals surface area contributed by atoms with Gasteiger partial charge in [0.05, 0.1) is 10.4 Å². The Bertz CT molecular complexity index is 1020. The summed E-state index contributed by atoms with van der Waals surface area (Å²) in [5.74, 6) is -2.62. The topological polar surface area (TPSA) is 58.2 Å². The minimum atomic E-state index is -4.91. The first kappa shape index (κ1) is 19.6. The Morgan fingerprint density at radius 3 is 2.14 bits per heavy atom. The summed E-state index contributed by atoms with van der Waals surface area (Å²) in [6, 6.07) is 11.5. The number of thiophene rings is 1. The average Bonchev–Trinajstić information content (AvgIpc) is 3.16. The molecule has 144 valence electrons. The maximum Gasteiger partial charge on any atom is 0.419 e. The number of halogens is 4. The van der Waals surface area contributed by atoms with Crippen molar-refractivity contribution in [3.05, 3.63) is 81.8 Å². The van der Waals surface area contributed by atoms with Gasteiger partial charge in [0.15, 0.2) is 0 Å². The first-order valence-electron chi connectivity index (χ1n) is 7.87. The van der Waals surface area contributed by atoms with Gasteiger partial charge in [0.2, 0.25) is 0 Å². The highest BCUT2D eigenvalue weighted by Gasteiger charge is 2.34. The predicted octanol–water partition coefficient (Wildman–Crippen LogP) is 5.41. The lowest BCUT2D eigenvalue weighted by Crippen LogP contribution is -2.15. The van der Waals surface area contributed by atoms with E-state index in [-0.39, 0.29) is 17.2 Å². The Kier molecular flexibility index (Phi) is 5.46. The quantitative estimate of drug-likeness (QED) is 0.567. The van der Waals surface area contributed by atoms with Crippen molar-refractivity contribution in [2.75, 3.05) is 10.6 Å². The van der Waals surface area contributed by atoms with E-state index in [0.717, 1.165) is 6.07 Å². The molecular weight excluding hydrogens is 396 g/mol. The van der Waals surface area contributed by atoms with Crippen LogP contribution in [0.25, 0.3) is 0 Å². The lowest BCUT2D eigenvalue weighted by molar-refractivity contribution is -0.140. The summed E-state index contributed by atoms with van der Waals surface area (Å²) in [5, 5.41) is 6.84. The molecule has 0 radical (unpaired) electrons. The maximum absolute atomic E-state index is 13.4. The molecule has 0 unspecified atom stereocenters. The molecule has 0 fully saturated rings. The fourth-order valence-electron chi connectivity index (χ4n) is 2.36. The lowest BCUT2D eigenvalue weighted by Gasteiger charge is -2.11. The Morgan fingerprint density at radius 1 is 0.857 bits per heavy atom. The van der Waals surface area contributed by atoms with Gasteiger partial charge in [-0.25, -0.2) is 4.39 Å². The Labute approximate surface area is 160 Å². The summed E-state index contributed by atoms with van der Waals surface area (Å²) in [6.45, 7) is 0. The Morgan fingerprint density at radius 2 is 1.54 bits per heavy atom. The van der Waals surface area contributed by atoms with E-state index in [2.05, 4.69) is 10.6 Å². The van der Waals surface area contributed by atoms with Gasteiger partial charge in [-0.2, -0.15) is 13.2 Å². The normalized spacial score (nSPS) is 11.1. The predicted molar refractivity (Wildman–Crippen MR) is 98.1 cm³/mol. The third-order valence-electron chi connectivity index (χ3n) is 3.66. The molecule has 2 amide bonds. The summed E-state index contributed by atoms with van der Waals surface area (Å²) < 4.78 is 51.8. The van der Waals surface area contributed by atoms with Crippen molar-refractivity contribution >= 4 is 34.5 Å². The van der Waals surface area contributed by atoms with Crippen LogP contribution in [0, 0.1) is 5.82 Å². The number of carbonyl (C=O) groups excluding carboxylic acids is 2. The smallest absolute Gasteiger partial charge is 0.322 e. The zero-order chi connectivity index (χ0) is 20.3. The molecule has 0 aliphatic heterocycles. The largest absolute Gasteiger partial charge is 0.419 e. The van der Waals surface area contributed by atoms with E-state index in [1.54, 1.807) is 29.6 Å². The third kappa shape index (κ3) is 4.55. The van der Waals surface area contributed by atoms with E-state index in [9.17, 15) is 27.2 Å². The first-order valence-corrected chi connectivity index (χ1v) is 8.75. The second kappa shape index (κ2) is 7.81. The van der Waals surface area contributed by atoms with Crippen LogP contribution >= 0.6 is 11.3 Å². The van der Waals surface area contributed by atoms with Crippen LogP contribution in [0.2, 0.25) is 0 Å². The standard InChI is InChI=1S/C19H12F4N2O2S/c20-15-7-6-11(9-14(15)19(21,22)23)17(26)24-12-3-1-4-13(10-12)25-18(27)16-5-2-8-28-16/h1-10H,(H,24,26)(H,25,27). The SMILES string of the molecule is O=C(Nc1cccc(NC(=O)c2cccs2)c1)c1ccc(F)c(C(F)(F)F)c1. The molecule has 2 aromatic carbocycles. The van der Waals surface area contributed by atoms with Crippen LogP contribution in [0.1, 0.15) is 25.6 Å². The minimum Gasteiger partial charge on any atom is -0.322 e. The fraction of sp³-hybridized carbons (Fsp3) is 0.0526. The molecule has 1 heterocycles. The van der Waals surface area contributed by atoms with E-state index < -0.39 is 23.5 Å². The molecule has 28 heavy (non-hydrogen) atoms. The van der Waals surface area contributed by atoms with Crippen LogP contribution in [0.4, 0.5) is 28.9 Å². The summed E-state index contributed by atoms with van der Waals surface area (Å²) in [4.78, 5) is 24.8. The second-order valence-corrected chi connectivity index (χ2v) is 6.61. The molecule has 0 aliphatic carbocycles.